The second-order valence-corrected chi connectivity index (χ2v) is 5.98. The van der Waals surface area contributed by atoms with Crippen LogP contribution in [0.15, 0.2) is 0 Å². The molecular formula is C9H19NO3S. The zero-order chi connectivity index (χ0) is 10.6. The van der Waals surface area contributed by atoms with E-state index in [1.807, 2.05) is 0 Å². The monoisotopic (exact) mass is 221 g/mol. The molecule has 0 N–H and O–H groups in total. The van der Waals surface area contributed by atoms with Crippen LogP contribution in [0, 0.1) is 5.92 Å². The van der Waals surface area contributed by atoms with E-state index < -0.39 is 10.0 Å². The van der Waals surface area contributed by atoms with E-state index in [1.54, 1.807) is 18.3 Å². The molecule has 0 aliphatic carbocycles. The molecule has 0 aromatic heterocycles. The van der Waals surface area contributed by atoms with Crippen LogP contribution in [-0.2, 0) is 14.8 Å². The van der Waals surface area contributed by atoms with Gasteiger partial charge in [-0.15, -0.1) is 0 Å². The fraction of sp³-hybridized carbons (Fsp3) is 1.00. The van der Waals surface area contributed by atoms with Crippen LogP contribution in [0.5, 0.6) is 0 Å². The molecule has 5 heteroatoms. The molecule has 1 aliphatic rings. The molecule has 0 amide bonds. The normalized spacial score (nSPS) is 25.1. The Morgan fingerprint density at radius 1 is 1.50 bits per heavy atom. The molecule has 14 heavy (non-hydrogen) atoms. The molecule has 1 unspecified atom stereocenters. The highest BCUT2D eigenvalue weighted by Gasteiger charge is 2.27. The summed E-state index contributed by atoms with van der Waals surface area (Å²) < 4.78 is 29.8. The number of nitrogens with zero attached hydrogens (tertiary/aromatic N) is 1. The number of piperidine rings is 1. The van der Waals surface area contributed by atoms with Crippen LogP contribution >= 0.6 is 0 Å². The average Bonchev–Trinajstić information content (AvgIpc) is 2.19. The molecule has 1 rings (SSSR count). The Bertz CT molecular complexity index is 261. The molecule has 0 radical (unpaired) electrons. The van der Waals surface area contributed by atoms with Gasteiger partial charge in [0.1, 0.15) is 0 Å². The number of rotatable bonds is 4. The van der Waals surface area contributed by atoms with E-state index in [4.69, 9.17) is 4.74 Å². The smallest absolute Gasteiger partial charge is 0.213 e. The Hall–Kier alpha value is -0.130. The fourth-order valence-electron chi connectivity index (χ4n) is 1.83. The average molecular weight is 221 g/mol. The van der Waals surface area contributed by atoms with Crippen molar-refractivity contribution in [2.75, 3.05) is 32.6 Å². The number of hydrogen-bond acceptors (Lipinski definition) is 3. The van der Waals surface area contributed by atoms with Gasteiger partial charge in [0.25, 0.3) is 0 Å². The summed E-state index contributed by atoms with van der Waals surface area (Å²) in [7, 11) is -1.33. The molecule has 0 aromatic carbocycles. The SMILES string of the molecule is CCS(=O)(=O)N1CCCC(COC)C1. The van der Waals surface area contributed by atoms with Gasteiger partial charge in [0.15, 0.2) is 0 Å². The minimum Gasteiger partial charge on any atom is -0.384 e. The van der Waals surface area contributed by atoms with Gasteiger partial charge in [-0.2, -0.15) is 0 Å². The van der Waals surface area contributed by atoms with E-state index in [2.05, 4.69) is 0 Å². The predicted octanol–water partition coefficient (Wildman–Crippen LogP) is 0.695. The lowest BCUT2D eigenvalue weighted by atomic mass is 10.0. The highest BCUT2D eigenvalue weighted by atomic mass is 32.2. The molecule has 1 fully saturated rings. The van der Waals surface area contributed by atoms with Crippen molar-refractivity contribution >= 4 is 10.0 Å². The van der Waals surface area contributed by atoms with Crippen molar-refractivity contribution in [3.8, 4) is 0 Å². The van der Waals surface area contributed by atoms with Crippen LogP contribution in [0.4, 0.5) is 0 Å². The van der Waals surface area contributed by atoms with Gasteiger partial charge in [-0.1, -0.05) is 0 Å². The van der Waals surface area contributed by atoms with Crippen LogP contribution in [0.3, 0.4) is 0 Å². The highest BCUT2D eigenvalue weighted by molar-refractivity contribution is 7.89. The first-order chi connectivity index (χ1) is 6.60. The molecular weight excluding hydrogens is 202 g/mol. The third-order valence-corrected chi connectivity index (χ3v) is 4.49. The largest absolute Gasteiger partial charge is 0.384 e. The van der Waals surface area contributed by atoms with Crippen LogP contribution in [-0.4, -0.2) is 45.3 Å². The van der Waals surface area contributed by atoms with Gasteiger partial charge in [0, 0.05) is 20.2 Å². The second-order valence-electron chi connectivity index (χ2n) is 3.72. The molecule has 1 saturated heterocycles. The first-order valence-electron chi connectivity index (χ1n) is 5.07. The molecule has 1 heterocycles. The highest BCUT2D eigenvalue weighted by Crippen LogP contribution is 2.19. The van der Waals surface area contributed by atoms with Crippen LogP contribution in [0.1, 0.15) is 19.8 Å². The van der Waals surface area contributed by atoms with Crippen molar-refractivity contribution in [2.24, 2.45) is 5.92 Å². The van der Waals surface area contributed by atoms with Gasteiger partial charge in [0.05, 0.1) is 12.4 Å². The summed E-state index contributed by atoms with van der Waals surface area (Å²) in [6.07, 6.45) is 2.02. The van der Waals surface area contributed by atoms with E-state index in [1.165, 1.54) is 0 Å². The number of sulfonamides is 1. The van der Waals surface area contributed by atoms with E-state index in [0.717, 1.165) is 12.8 Å². The van der Waals surface area contributed by atoms with Gasteiger partial charge < -0.3 is 4.74 Å². The van der Waals surface area contributed by atoms with E-state index >= 15 is 0 Å². The molecule has 1 atom stereocenters. The Morgan fingerprint density at radius 3 is 2.79 bits per heavy atom. The summed E-state index contributed by atoms with van der Waals surface area (Å²) in [6.45, 7) is 3.66. The summed E-state index contributed by atoms with van der Waals surface area (Å²) in [5.74, 6) is 0.572. The van der Waals surface area contributed by atoms with Crippen LogP contribution in [0.2, 0.25) is 0 Å². The van der Waals surface area contributed by atoms with Crippen molar-refractivity contribution in [3.63, 3.8) is 0 Å². The van der Waals surface area contributed by atoms with Crippen molar-refractivity contribution < 1.29 is 13.2 Å². The molecule has 0 aromatic rings. The number of ether oxygens (including phenoxy) is 1. The molecule has 4 nitrogen and oxygen atoms in total. The van der Waals surface area contributed by atoms with Crippen molar-refractivity contribution in [1.29, 1.82) is 0 Å². The minimum absolute atomic E-state index is 0.201. The predicted molar refractivity (Wildman–Crippen MR) is 55.6 cm³/mol. The Labute approximate surface area is 86.3 Å². The third kappa shape index (κ3) is 2.93. The van der Waals surface area contributed by atoms with Crippen molar-refractivity contribution in [1.82, 2.24) is 4.31 Å². The first-order valence-corrected chi connectivity index (χ1v) is 6.67. The quantitative estimate of drug-likeness (QED) is 0.702. The Morgan fingerprint density at radius 2 is 2.21 bits per heavy atom. The van der Waals surface area contributed by atoms with E-state index in [-0.39, 0.29) is 5.75 Å². The van der Waals surface area contributed by atoms with Crippen molar-refractivity contribution in [3.05, 3.63) is 0 Å². The molecule has 84 valence electrons. The minimum atomic E-state index is -2.99. The van der Waals surface area contributed by atoms with E-state index in [0.29, 0.717) is 25.6 Å². The third-order valence-electron chi connectivity index (χ3n) is 2.64. The van der Waals surface area contributed by atoms with Crippen LogP contribution < -0.4 is 0 Å². The zero-order valence-electron chi connectivity index (χ0n) is 8.90. The van der Waals surface area contributed by atoms with Gasteiger partial charge in [-0.25, -0.2) is 12.7 Å². The summed E-state index contributed by atoms with van der Waals surface area (Å²) in [5.41, 5.74) is 0. The summed E-state index contributed by atoms with van der Waals surface area (Å²) in [5, 5.41) is 0. The topological polar surface area (TPSA) is 46.6 Å². The lowest BCUT2D eigenvalue weighted by Gasteiger charge is -2.31. The van der Waals surface area contributed by atoms with Gasteiger partial charge in [-0.05, 0) is 25.7 Å². The summed E-state index contributed by atoms with van der Waals surface area (Å²) in [4.78, 5) is 0. The summed E-state index contributed by atoms with van der Waals surface area (Å²) >= 11 is 0. The van der Waals surface area contributed by atoms with Crippen LogP contribution in [0.25, 0.3) is 0 Å². The Kier molecular flexibility index (Phi) is 4.34. The van der Waals surface area contributed by atoms with Gasteiger partial charge in [0.2, 0.25) is 10.0 Å². The maximum atomic E-state index is 11.6. The van der Waals surface area contributed by atoms with E-state index in [9.17, 15) is 8.42 Å². The number of hydrogen-bond donors (Lipinski definition) is 0. The Balaban J connectivity index is 2.56. The summed E-state index contributed by atoms with van der Waals surface area (Å²) in [6, 6.07) is 0. The second kappa shape index (κ2) is 5.09. The lowest BCUT2D eigenvalue weighted by molar-refractivity contribution is 0.118. The zero-order valence-corrected chi connectivity index (χ0v) is 9.72. The molecule has 0 saturated carbocycles. The maximum absolute atomic E-state index is 11.6. The molecule has 1 aliphatic heterocycles. The maximum Gasteiger partial charge on any atom is 0.213 e. The van der Waals surface area contributed by atoms with Crippen molar-refractivity contribution in [2.45, 2.75) is 19.8 Å². The first kappa shape index (κ1) is 11.9. The van der Waals surface area contributed by atoms with Gasteiger partial charge >= 0.3 is 0 Å². The lowest BCUT2D eigenvalue weighted by Crippen LogP contribution is -2.41. The fourth-order valence-corrected chi connectivity index (χ4v) is 3.04. The molecule has 0 spiro atoms. The standard InChI is InChI=1S/C9H19NO3S/c1-3-14(11,12)10-6-4-5-9(7-10)8-13-2/h9H,3-8H2,1-2H3. The van der Waals surface area contributed by atoms with Gasteiger partial charge in [-0.3, -0.25) is 0 Å². The number of methoxy groups -OCH3 is 1. The molecule has 0 bridgehead atoms.